The number of fused-ring (bicyclic) bond motifs is 1. The molecule has 0 unspecified atom stereocenters. The summed E-state index contributed by atoms with van der Waals surface area (Å²) in [7, 11) is 0. The third-order valence-corrected chi connectivity index (χ3v) is 3.43. The number of aromatic nitrogens is 1. The number of hydrogen-bond donors (Lipinski definition) is 1. The smallest absolute Gasteiger partial charge is 0.244 e. The van der Waals surface area contributed by atoms with Crippen molar-refractivity contribution in [1.29, 1.82) is 0 Å². The van der Waals surface area contributed by atoms with Crippen LogP contribution in [0.5, 0.6) is 0 Å². The highest BCUT2D eigenvalue weighted by Gasteiger charge is 2.07. The summed E-state index contributed by atoms with van der Waals surface area (Å²) in [5, 5.41) is 4.18. The lowest BCUT2D eigenvalue weighted by atomic mass is 10.2. The van der Waals surface area contributed by atoms with Gasteiger partial charge in [0, 0.05) is 27.8 Å². The Morgan fingerprint density at radius 3 is 2.67 bits per heavy atom. The number of halogens is 2. The molecule has 0 aliphatic carbocycles. The second kappa shape index (κ2) is 5.58. The zero-order valence-corrected chi connectivity index (χ0v) is 11.8. The van der Waals surface area contributed by atoms with Crippen molar-refractivity contribution in [2.24, 2.45) is 0 Å². The zero-order chi connectivity index (χ0) is 14.8. The summed E-state index contributed by atoms with van der Waals surface area (Å²) in [5.74, 6) is -0.440. The normalized spacial score (nSPS) is 10.8. The van der Waals surface area contributed by atoms with E-state index in [1.165, 1.54) is 12.1 Å². The Kier molecular flexibility index (Phi) is 3.62. The standard InChI is InChI=1S/C16H12ClFN2O/c17-12-1-4-14(5-2-12)19-16(21)10-20-8-7-11-9-13(18)3-6-15(11)20/h1-9H,10H2,(H,19,21). The van der Waals surface area contributed by atoms with E-state index in [4.69, 9.17) is 11.6 Å². The molecule has 106 valence electrons. The van der Waals surface area contributed by atoms with Gasteiger partial charge in [-0.3, -0.25) is 4.79 Å². The van der Waals surface area contributed by atoms with E-state index in [1.807, 2.05) is 0 Å². The van der Waals surface area contributed by atoms with Crippen molar-refractivity contribution in [3.8, 4) is 0 Å². The maximum absolute atomic E-state index is 13.1. The average Bonchev–Trinajstić information content (AvgIpc) is 2.83. The Bertz CT molecular complexity index is 796. The molecule has 3 aromatic rings. The average molecular weight is 303 g/mol. The quantitative estimate of drug-likeness (QED) is 0.777. The van der Waals surface area contributed by atoms with Gasteiger partial charge in [-0.1, -0.05) is 11.6 Å². The van der Waals surface area contributed by atoms with Crippen molar-refractivity contribution < 1.29 is 9.18 Å². The van der Waals surface area contributed by atoms with E-state index in [-0.39, 0.29) is 18.3 Å². The first-order valence-corrected chi connectivity index (χ1v) is 6.79. The van der Waals surface area contributed by atoms with E-state index in [0.29, 0.717) is 10.7 Å². The van der Waals surface area contributed by atoms with Crippen molar-refractivity contribution in [3.05, 3.63) is 65.6 Å². The van der Waals surface area contributed by atoms with Crippen LogP contribution in [0, 0.1) is 5.82 Å². The predicted molar refractivity (Wildman–Crippen MR) is 82.0 cm³/mol. The van der Waals surface area contributed by atoms with E-state index in [0.717, 1.165) is 10.9 Å². The minimum atomic E-state index is -0.286. The van der Waals surface area contributed by atoms with Gasteiger partial charge in [0.05, 0.1) is 0 Å². The van der Waals surface area contributed by atoms with Crippen LogP contribution < -0.4 is 5.32 Å². The SMILES string of the molecule is O=C(Cn1ccc2cc(F)ccc21)Nc1ccc(Cl)cc1. The highest BCUT2D eigenvalue weighted by Crippen LogP contribution is 2.18. The van der Waals surface area contributed by atoms with Gasteiger partial charge in [0.15, 0.2) is 0 Å². The molecular formula is C16H12ClFN2O. The lowest BCUT2D eigenvalue weighted by Gasteiger charge is -2.07. The lowest BCUT2D eigenvalue weighted by Crippen LogP contribution is -2.18. The van der Waals surface area contributed by atoms with Gasteiger partial charge in [0.1, 0.15) is 12.4 Å². The molecule has 0 saturated heterocycles. The molecule has 1 N–H and O–H groups in total. The van der Waals surface area contributed by atoms with Gasteiger partial charge in [0.25, 0.3) is 0 Å². The third-order valence-electron chi connectivity index (χ3n) is 3.17. The number of rotatable bonds is 3. The Morgan fingerprint density at radius 2 is 1.90 bits per heavy atom. The fourth-order valence-electron chi connectivity index (χ4n) is 2.20. The van der Waals surface area contributed by atoms with Crippen LogP contribution in [0.25, 0.3) is 10.9 Å². The molecule has 0 fully saturated rings. The van der Waals surface area contributed by atoms with Crippen LogP contribution >= 0.6 is 11.6 Å². The molecule has 1 heterocycles. The highest BCUT2D eigenvalue weighted by molar-refractivity contribution is 6.30. The number of carbonyl (C=O) groups is 1. The van der Waals surface area contributed by atoms with Gasteiger partial charge in [0.2, 0.25) is 5.91 Å². The molecule has 2 aromatic carbocycles. The number of hydrogen-bond acceptors (Lipinski definition) is 1. The fourth-order valence-corrected chi connectivity index (χ4v) is 2.32. The molecule has 3 nitrogen and oxygen atoms in total. The highest BCUT2D eigenvalue weighted by atomic mass is 35.5. The van der Waals surface area contributed by atoms with Gasteiger partial charge < -0.3 is 9.88 Å². The maximum Gasteiger partial charge on any atom is 0.244 e. The third kappa shape index (κ3) is 3.06. The minimum absolute atomic E-state index is 0.154. The molecule has 3 rings (SSSR count). The molecule has 0 aliphatic rings. The van der Waals surface area contributed by atoms with Crippen LogP contribution in [0.2, 0.25) is 5.02 Å². The van der Waals surface area contributed by atoms with Crippen LogP contribution in [0.15, 0.2) is 54.7 Å². The molecule has 0 radical (unpaired) electrons. The molecule has 0 bridgehead atoms. The summed E-state index contributed by atoms with van der Waals surface area (Å²) in [5.41, 5.74) is 1.51. The van der Waals surface area contributed by atoms with Crippen LogP contribution in [-0.2, 0) is 11.3 Å². The van der Waals surface area contributed by atoms with Crippen molar-refractivity contribution in [2.75, 3.05) is 5.32 Å². The summed E-state index contributed by atoms with van der Waals surface area (Å²) in [6.07, 6.45) is 1.77. The van der Waals surface area contributed by atoms with Gasteiger partial charge in [-0.2, -0.15) is 0 Å². The second-order valence-electron chi connectivity index (χ2n) is 4.70. The number of carbonyl (C=O) groups excluding carboxylic acids is 1. The molecule has 5 heteroatoms. The maximum atomic E-state index is 13.1. The Hall–Kier alpha value is -2.33. The Morgan fingerprint density at radius 1 is 1.14 bits per heavy atom. The van der Waals surface area contributed by atoms with Crippen LogP contribution in [0.1, 0.15) is 0 Å². The Labute approximate surface area is 125 Å². The monoisotopic (exact) mass is 302 g/mol. The Balaban J connectivity index is 1.75. The number of amides is 1. The van der Waals surface area contributed by atoms with Crippen LogP contribution in [0.3, 0.4) is 0 Å². The van der Waals surface area contributed by atoms with Gasteiger partial charge in [-0.25, -0.2) is 4.39 Å². The van der Waals surface area contributed by atoms with Gasteiger partial charge in [-0.05, 0) is 48.5 Å². The first-order chi connectivity index (χ1) is 10.1. The lowest BCUT2D eigenvalue weighted by molar-refractivity contribution is -0.116. The van der Waals surface area contributed by atoms with Crippen molar-refractivity contribution in [3.63, 3.8) is 0 Å². The minimum Gasteiger partial charge on any atom is -0.338 e. The number of nitrogens with zero attached hydrogens (tertiary/aromatic N) is 1. The molecule has 1 aromatic heterocycles. The van der Waals surface area contributed by atoms with E-state index < -0.39 is 0 Å². The zero-order valence-electron chi connectivity index (χ0n) is 11.0. The molecule has 0 atom stereocenters. The summed E-state index contributed by atoms with van der Waals surface area (Å²) in [4.78, 5) is 12.0. The van der Waals surface area contributed by atoms with Crippen LogP contribution in [0.4, 0.5) is 10.1 Å². The summed E-state index contributed by atoms with van der Waals surface area (Å²) in [6.45, 7) is 0.164. The molecular weight excluding hydrogens is 291 g/mol. The number of benzene rings is 2. The summed E-state index contributed by atoms with van der Waals surface area (Å²) in [6, 6.07) is 13.2. The molecule has 0 saturated carbocycles. The first-order valence-electron chi connectivity index (χ1n) is 6.42. The van der Waals surface area contributed by atoms with Gasteiger partial charge >= 0.3 is 0 Å². The second-order valence-corrected chi connectivity index (χ2v) is 5.14. The van der Waals surface area contributed by atoms with E-state index in [1.54, 1.807) is 47.2 Å². The topological polar surface area (TPSA) is 34.0 Å². The summed E-state index contributed by atoms with van der Waals surface area (Å²) >= 11 is 5.79. The van der Waals surface area contributed by atoms with Crippen molar-refractivity contribution >= 4 is 34.1 Å². The molecule has 0 spiro atoms. The van der Waals surface area contributed by atoms with Crippen molar-refractivity contribution in [1.82, 2.24) is 4.57 Å². The van der Waals surface area contributed by atoms with E-state index >= 15 is 0 Å². The summed E-state index contributed by atoms with van der Waals surface area (Å²) < 4.78 is 14.9. The van der Waals surface area contributed by atoms with Gasteiger partial charge in [-0.15, -0.1) is 0 Å². The largest absolute Gasteiger partial charge is 0.338 e. The first kappa shape index (κ1) is 13.6. The number of anilines is 1. The van der Waals surface area contributed by atoms with Crippen molar-refractivity contribution in [2.45, 2.75) is 6.54 Å². The molecule has 1 amide bonds. The fraction of sp³-hybridized carbons (Fsp3) is 0.0625. The van der Waals surface area contributed by atoms with Crippen LogP contribution in [-0.4, -0.2) is 10.5 Å². The van der Waals surface area contributed by atoms with E-state index in [2.05, 4.69) is 5.32 Å². The van der Waals surface area contributed by atoms with E-state index in [9.17, 15) is 9.18 Å². The number of nitrogens with one attached hydrogen (secondary N) is 1. The molecule has 21 heavy (non-hydrogen) atoms. The molecule has 0 aliphatic heterocycles. The predicted octanol–water partition coefficient (Wildman–Crippen LogP) is 4.07.